The molecule has 1 unspecified atom stereocenters. The Kier molecular flexibility index (Phi) is 4.76. The van der Waals surface area contributed by atoms with Crippen LogP contribution in [0, 0.1) is 5.82 Å². The third-order valence-corrected chi connectivity index (χ3v) is 2.83. The molecular weight excluding hydrogens is 259 g/mol. The summed E-state index contributed by atoms with van der Waals surface area (Å²) in [5, 5.41) is 5.54. The highest BCUT2D eigenvalue weighted by Crippen LogP contribution is 2.04. The summed E-state index contributed by atoms with van der Waals surface area (Å²) < 4.78 is 17.9. The maximum absolute atomic E-state index is 12.7. The van der Waals surface area contributed by atoms with Crippen LogP contribution in [-0.4, -0.2) is 12.1 Å². The van der Waals surface area contributed by atoms with Gasteiger partial charge in [0.15, 0.2) is 0 Å². The van der Waals surface area contributed by atoms with Crippen molar-refractivity contribution in [3.63, 3.8) is 0 Å². The summed E-state index contributed by atoms with van der Waals surface area (Å²) in [5.41, 5.74) is 0.847. The number of carbonyl (C=O) groups is 1. The first kappa shape index (κ1) is 14.1. The minimum absolute atomic E-state index is 0.0330. The van der Waals surface area contributed by atoms with Gasteiger partial charge in [-0.15, -0.1) is 0 Å². The Hall–Kier alpha value is -2.30. The number of benzene rings is 1. The molecule has 1 aromatic carbocycles. The lowest BCUT2D eigenvalue weighted by Crippen LogP contribution is -2.41. The van der Waals surface area contributed by atoms with Crippen molar-refractivity contribution >= 4 is 6.03 Å². The number of carbonyl (C=O) groups excluding carboxylic acids is 1. The van der Waals surface area contributed by atoms with Gasteiger partial charge in [0, 0.05) is 19.0 Å². The van der Waals surface area contributed by atoms with E-state index in [2.05, 4.69) is 10.6 Å². The molecule has 0 fully saturated rings. The van der Waals surface area contributed by atoms with E-state index in [1.165, 1.54) is 12.1 Å². The number of hydrogen-bond donors (Lipinski definition) is 2. The standard InChI is InChI=1S/C15H17FN2O2/c1-11(9-14-3-2-8-20-14)18-15(19)17-10-12-4-6-13(16)7-5-12/h2-8,11H,9-10H2,1H3,(H2,17,18,19). The zero-order valence-corrected chi connectivity index (χ0v) is 11.2. The number of nitrogens with one attached hydrogen (secondary N) is 2. The lowest BCUT2D eigenvalue weighted by Gasteiger charge is -2.13. The first-order valence-corrected chi connectivity index (χ1v) is 6.44. The predicted octanol–water partition coefficient (Wildman–Crippen LogP) is 2.85. The molecule has 0 aliphatic rings. The van der Waals surface area contributed by atoms with Crippen LogP contribution in [0.2, 0.25) is 0 Å². The molecule has 1 heterocycles. The third-order valence-electron chi connectivity index (χ3n) is 2.83. The molecule has 2 amide bonds. The van der Waals surface area contributed by atoms with Crippen LogP contribution in [0.1, 0.15) is 18.2 Å². The second-order valence-electron chi connectivity index (χ2n) is 4.64. The van der Waals surface area contributed by atoms with Gasteiger partial charge in [0.1, 0.15) is 11.6 Å². The predicted molar refractivity (Wildman–Crippen MR) is 73.6 cm³/mol. The quantitative estimate of drug-likeness (QED) is 0.882. The van der Waals surface area contributed by atoms with Gasteiger partial charge in [-0.2, -0.15) is 0 Å². The van der Waals surface area contributed by atoms with E-state index in [0.717, 1.165) is 11.3 Å². The Morgan fingerprint density at radius 1 is 1.30 bits per heavy atom. The summed E-state index contributed by atoms with van der Waals surface area (Å²) in [7, 11) is 0. The van der Waals surface area contributed by atoms with Crippen LogP contribution in [0.4, 0.5) is 9.18 Å². The molecule has 0 aliphatic heterocycles. The van der Waals surface area contributed by atoms with Crippen LogP contribution in [0.15, 0.2) is 47.1 Å². The van der Waals surface area contributed by atoms with E-state index in [4.69, 9.17) is 4.42 Å². The van der Waals surface area contributed by atoms with Gasteiger partial charge >= 0.3 is 6.03 Å². The van der Waals surface area contributed by atoms with Gasteiger partial charge in [-0.25, -0.2) is 9.18 Å². The molecule has 4 nitrogen and oxygen atoms in total. The highest BCUT2D eigenvalue weighted by atomic mass is 19.1. The molecule has 0 radical (unpaired) electrons. The zero-order valence-electron chi connectivity index (χ0n) is 11.2. The van der Waals surface area contributed by atoms with E-state index in [9.17, 15) is 9.18 Å². The fraction of sp³-hybridized carbons (Fsp3) is 0.267. The normalized spacial score (nSPS) is 11.9. The van der Waals surface area contributed by atoms with Crippen molar-refractivity contribution in [2.24, 2.45) is 0 Å². The molecule has 20 heavy (non-hydrogen) atoms. The average molecular weight is 276 g/mol. The van der Waals surface area contributed by atoms with E-state index in [0.29, 0.717) is 13.0 Å². The number of amides is 2. The van der Waals surface area contributed by atoms with Crippen molar-refractivity contribution in [2.75, 3.05) is 0 Å². The SMILES string of the molecule is CC(Cc1ccco1)NC(=O)NCc1ccc(F)cc1. The van der Waals surface area contributed by atoms with Crippen LogP contribution in [-0.2, 0) is 13.0 Å². The van der Waals surface area contributed by atoms with Crippen LogP contribution in [0.3, 0.4) is 0 Å². The number of hydrogen-bond acceptors (Lipinski definition) is 2. The summed E-state index contributed by atoms with van der Waals surface area (Å²) >= 11 is 0. The summed E-state index contributed by atoms with van der Waals surface area (Å²) in [6.45, 7) is 2.26. The molecule has 0 spiro atoms. The lowest BCUT2D eigenvalue weighted by atomic mass is 10.2. The highest BCUT2D eigenvalue weighted by molar-refractivity contribution is 5.74. The molecule has 0 saturated carbocycles. The number of furan rings is 1. The number of halogens is 1. The van der Waals surface area contributed by atoms with Crippen LogP contribution < -0.4 is 10.6 Å². The fourth-order valence-corrected chi connectivity index (χ4v) is 1.84. The Morgan fingerprint density at radius 2 is 2.05 bits per heavy atom. The molecule has 1 aromatic heterocycles. The minimum Gasteiger partial charge on any atom is -0.469 e. The molecule has 5 heteroatoms. The molecule has 106 valence electrons. The molecule has 2 N–H and O–H groups in total. The number of rotatable bonds is 5. The smallest absolute Gasteiger partial charge is 0.315 e. The van der Waals surface area contributed by atoms with Crippen LogP contribution in [0.5, 0.6) is 0 Å². The second kappa shape index (κ2) is 6.75. The first-order chi connectivity index (χ1) is 9.63. The Labute approximate surface area is 117 Å². The van der Waals surface area contributed by atoms with Gasteiger partial charge in [0.25, 0.3) is 0 Å². The van der Waals surface area contributed by atoms with Gasteiger partial charge in [-0.3, -0.25) is 0 Å². The summed E-state index contributed by atoms with van der Waals surface area (Å²) in [4.78, 5) is 11.7. The minimum atomic E-state index is -0.287. The van der Waals surface area contributed by atoms with E-state index >= 15 is 0 Å². The van der Waals surface area contributed by atoms with Gasteiger partial charge in [0.2, 0.25) is 0 Å². The van der Waals surface area contributed by atoms with Gasteiger partial charge in [-0.05, 0) is 36.8 Å². The molecule has 0 aliphatic carbocycles. The number of urea groups is 1. The zero-order chi connectivity index (χ0) is 14.4. The topological polar surface area (TPSA) is 54.3 Å². The molecule has 1 atom stereocenters. The summed E-state index contributed by atoms with van der Waals surface area (Å²) in [6.07, 6.45) is 2.24. The first-order valence-electron chi connectivity index (χ1n) is 6.44. The van der Waals surface area contributed by atoms with Gasteiger partial charge in [0.05, 0.1) is 6.26 Å². The second-order valence-corrected chi connectivity index (χ2v) is 4.64. The van der Waals surface area contributed by atoms with Crippen molar-refractivity contribution in [3.05, 3.63) is 59.8 Å². The van der Waals surface area contributed by atoms with Crippen molar-refractivity contribution in [3.8, 4) is 0 Å². The molecular formula is C15H17FN2O2. The lowest BCUT2D eigenvalue weighted by molar-refractivity contribution is 0.237. The fourth-order valence-electron chi connectivity index (χ4n) is 1.84. The van der Waals surface area contributed by atoms with Crippen molar-refractivity contribution in [1.29, 1.82) is 0 Å². The Balaban J connectivity index is 1.73. The van der Waals surface area contributed by atoms with Crippen molar-refractivity contribution in [2.45, 2.75) is 25.9 Å². The van der Waals surface area contributed by atoms with E-state index in [-0.39, 0.29) is 17.9 Å². The van der Waals surface area contributed by atoms with Gasteiger partial charge < -0.3 is 15.1 Å². The molecule has 0 bridgehead atoms. The molecule has 0 saturated heterocycles. The average Bonchev–Trinajstić information content (AvgIpc) is 2.90. The molecule has 2 rings (SSSR count). The van der Waals surface area contributed by atoms with E-state index in [1.54, 1.807) is 18.4 Å². The third kappa shape index (κ3) is 4.42. The Morgan fingerprint density at radius 3 is 2.70 bits per heavy atom. The highest BCUT2D eigenvalue weighted by Gasteiger charge is 2.09. The van der Waals surface area contributed by atoms with Crippen molar-refractivity contribution in [1.82, 2.24) is 10.6 Å². The summed E-state index contributed by atoms with van der Waals surface area (Å²) in [6, 6.07) is 9.42. The van der Waals surface area contributed by atoms with E-state index < -0.39 is 0 Å². The van der Waals surface area contributed by atoms with E-state index in [1.807, 2.05) is 19.1 Å². The molecule has 2 aromatic rings. The van der Waals surface area contributed by atoms with Crippen molar-refractivity contribution < 1.29 is 13.6 Å². The maximum Gasteiger partial charge on any atom is 0.315 e. The monoisotopic (exact) mass is 276 g/mol. The van der Waals surface area contributed by atoms with Crippen LogP contribution >= 0.6 is 0 Å². The maximum atomic E-state index is 12.7. The van der Waals surface area contributed by atoms with Gasteiger partial charge in [-0.1, -0.05) is 12.1 Å². The van der Waals surface area contributed by atoms with Crippen LogP contribution in [0.25, 0.3) is 0 Å². The largest absolute Gasteiger partial charge is 0.469 e. The summed E-state index contributed by atoms with van der Waals surface area (Å²) in [5.74, 6) is 0.543. The Bertz CT molecular complexity index is 538.